The van der Waals surface area contributed by atoms with Crippen molar-refractivity contribution in [3.05, 3.63) is 58.7 Å². The third-order valence-electron chi connectivity index (χ3n) is 4.26. The van der Waals surface area contributed by atoms with Gasteiger partial charge in [-0.15, -0.1) is 0 Å². The van der Waals surface area contributed by atoms with Crippen molar-refractivity contribution < 1.29 is 8.42 Å². The highest BCUT2D eigenvalue weighted by Crippen LogP contribution is 2.21. The Hall–Kier alpha value is -1.85. The SMILES string of the molecule is Cc1cc(C)c(S(=O)(=O)NCCCc2ccc(N(C)C)cc2)c(C)c1. The van der Waals surface area contributed by atoms with Gasteiger partial charge in [-0.3, -0.25) is 0 Å². The van der Waals surface area contributed by atoms with Crippen LogP contribution in [-0.2, 0) is 16.4 Å². The summed E-state index contributed by atoms with van der Waals surface area (Å²) in [5.74, 6) is 0. The van der Waals surface area contributed by atoms with Crippen molar-refractivity contribution >= 4 is 15.7 Å². The summed E-state index contributed by atoms with van der Waals surface area (Å²) in [4.78, 5) is 2.47. The number of sulfonamides is 1. The molecular formula is C20H28N2O2S. The van der Waals surface area contributed by atoms with Crippen LogP contribution < -0.4 is 9.62 Å². The molecule has 2 aromatic rings. The minimum absolute atomic E-state index is 0.411. The fourth-order valence-corrected chi connectivity index (χ4v) is 4.65. The topological polar surface area (TPSA) is 49.4 Å². The first-order valence-corrected chi connectivity index (χ1v) is 10.0. The number of benzene rings is 2. The van der Waals surface area contributed by atoms with Crippen molar-refractivity contribution in [2.75, 3.05) is 25.5 Å². The molecule has 0 aliphatic heterocycles. The number of aryl methyl sites for hydroxylation is 4. The van der Waals surface area contributed by atoms with Gasteiger partial charge in [0.1, 0.15) is 0 Å². The molecule has 0 bridgehead atoms. The Bertz CT molecular complexity index is 802. The summed E-state index contributed by atoms with van der Waals surface area (Å²) in [5.41, 5.74) is 5.05. The third-order valence-corrected chi connectivity index (χ3v) is 6.03. The predicted molar refractivity (Wildman–Crippen MR) is 105 cm³/mol. The molecule has 25 heavy (non-hydrogen) atoms. The Kier molecular flexibility index (Phi) is 6.25. The maximum absolute atomic E-state index is 12.6. The molecule has 0 aliphatic rings. The number of nitrogens with zero attached hydrogens (tertiary/aromatic N) is 1. The van der Waals surface area contributed by atoms with Crippen LogP contribution in [0.2, 0.25) is 0 Å². The molecule has 0 aliphatic carbocycles. The lowest BCUT2D eigenvalue weighted by atomic mass is 10.1. The van der Waals surface area contributed by atoms with Crippen LogP contribution in [0.3, 0.4) is 0 Å². The van der Waals surface area contributed by atoms with Crippen molar-refractivity contribution in [3.63, 3.8) is 0 Å². The van der Waals surface area contributed by atoms with Gasteiger partial charge in [0, 0.05) is 26.3 Å². The number of anilines is 1. The van der Waals surface area contributed by atoms with E-state index in [0.29, 0.717) is 11.4 Å². The fraction of sp³-hybridized carbons (Fsp3) is 0.400. The second kappa shape index (κ2) is 8.02. The molecule has 2 rings (SSSR count). The van der Waals surface area contributed by atoms with Crippen LogP contribution in [0, 0.1) is 20.8 Å². The number of hydrogen-bond acceptors (Lipinski definition) is 3. The Morgan fingerprint density at radius 2 is 1.52 bits per heavy atom. The van der Waals surface area contributed by atoms with Crippen LogP contribution >= 0.6 is 0 Å². The van der Waals surface area contributed by atoms with E-state index in [0.717, 1.165) is 35.2 Å². The average molecular weight is 361 g/mol. The number of hydrogen-bond donors (Lipinski definition) is 1. The second-order valence-corrected chi connectivity index (χ2v) is 8.49. The van der Waals surface area contributed by atoms with Gasteiger partial charge in [0.05, 0.1) is 4.90 Å². The highest BCUT2D eigenvalue weighted by molar-refractivity contribution is 7.89. The summed E-state index contributed by atoms with van der Waals surface area (Å²) in [6.45, 7) is 6.11. The minimum Gasteiger partial charge on any atom is -0.378 e. The molecule has 0 heterocycles. The van der Waals surface area contributed by atoms with Gasteiger partial charge in [0.25, 0.3) is 0 Å². The number of rotatable bonds is 7. The molecule has 0 spiro atoms. The Labute approximate surface area is 151 Å². The lowest BCUT2D eigenvalue weighted by molar-refractivity contribution is 0.577. The van der Waals surface area contributed by atoms with E-state index in [-0.39, 0.29) is 0 Å². The fourth-order valence-electron chi connectivity index (χ4n) is 3.12. The summed E-state index contributed by atoms with van der Waals surface area (Å²) < 4.78 is 27.9. The van der Waals surface area contributed by atoms with E-state index in [1.807, 2.05) is 47.0 Å². The summed E-state index contributed by atoms with van der Waals surface area (Å²) >= 11 is 0. The van der Waals surface area contributed by atoms with Gasteiger partial charge >= 0.3 is 0 Å². The Morgan fingerprint density at radius 3 is 2.04 bits per heavy atom. The summed E-state index contributed by atoms with van der Waals surface area (Å²) in [5, 5.41) is 0. The highest BCUT2D eigenvalue weighted by atomic mass is 32.2. The molecule has 0 saturated carbocycles. The van der Waals surface area contributed by atoms with Crippen LogP contribution in [-0.4, -0.2) is 29.1 Å². The molecule has 0 saturated heterocycles. The Morgan fingerprint density at radius 1 is 0.960 bits per heavy atom. The highest BCUT2D eigenvalue weighted by Gasteiger charge is 2.19. The second-order valence-electron chi connectivity index (χ2n) is 6.79. The quantitative estimate of drug-likeness (QED) is 0.768. The molecular weight excluding hydrogens is 332 g/mol. The lowest BCUT2D eigenvalue weighted by Gasteiger charge is -2.14. The van der Waals surface area contributed by atoms with Crippen molar-refractivity contribution in [1.29, 1.82) is 0 Å². The smallest absolute Gasteiger partial charge is 0.241 e. The van der Waals surface area contributed by atoms with Crippen molar-refractivity contribution in [2.24, 2.45) is 0 Å². The maximum atomic E-state index is 12.6. The van der Waals surface area contributed by atoms with Crippen molar-refractivity contribution in [1.82, 2.24) is 4.72 Å². The zero-order valence-corrected chi connectivity index (χ0v) is 16.6. The zero-order valence-electron chi connectivity index (χ0n) is 15.8. The zero-order chi connectivity index (χ0) is 18.6. The molecule has 0 atom stereocenters. The monoisotopic (exact) mass is 360 g/mol. The molecule has 1 N–H and O–H groups in total. The van der Waals surface area contributed by atoms with E-state index in [1.54, 1.807) is 0 Å². The van der Waals surface area contributed by atoms with Crippen molar-refractivity contribution in [3.8, 4) is 0 Å². The first-order valence-electron chi connectivity index (χ1n) is 8.54. The van der Waals surface area contributed by atoms with Gasteiger partial charge in [0.15, 0.2) is 0 Å². The standard InChI is InChI=1S/C20H28N2O2S/c1-15-13-16(2)20(17(3)14-15)25(23,24)21-12-6-7-18-8-10-19(11-9-18)22(4)5/h8-11,13-14,21H,6-7,12H2,1-5H3. The van der Waals surface area contributed by atoms with E-state index in [1.165, 1.54) is 5.56 Å². The van der Waals surface area contributed by atoms with E-state index in [4.69, 9.17) is 0 Å². The van der Waals surface area contributed by atoms with E-state index < -0.39 is 10.0 Å². The van der Waals surface area contributed by atoms with Gasteiger partial charge < -0.3 is 4.90 Å². The minimum atomic E-state index is -3.47. The Balaban J connectivity index is 1.95. The van der Waals surface area contributed by atoms with Crippen LogP contribution in [0.5, 0.6) is 0 Å². The summed E-state index contributed by atoms with van der Waals surface area (Å²) in [6.07, 6.45) is 1.62. The first-order chi connectivity index (χ1) is 11.7. The van der Waals surface area contributed by atoms with Gasteiger partial charge in [-0.05, 0) is 62.4 Å². The average Bonchev–Trinajstić information content (AvgIpc) is 2.50. The third kappa shape index (κ3) is 5.06. The predicted octanol–water partition coefficient (Wildman–Crippen LogP) is 3.59. The van der Waals surface area contributed by atoms with E-state index in [9.17, 15) is 8.42 Å². The molecule has 0 radical (unpaired) electrons. The molecule has 0 unspecified atom stereocenters. The summed E-state index contributed by atoms with van der Waals surface area (Å²) in [7, 11) is 0.558. The van der Waals surface area contributed by atoms with Crippen LogP contribution in [0.4, 0.5) is 5.69 Å². The largest absolute Gasteiger partial charge is 0.378 e. The molecule has 2 aromatic carbocycles. The summed E-state index contributed by atoms with van der Waals surface area (Å²) in [6, 6.07) is 12.2. The molecule has 136 valence electrons. The van der Waals surface area contributed by atoms with Gasteiger partial charge in [0.2, 0.25) is 10.0 Å². The van der Waals surface area contributed by atoms with Gasteiger partial charge in [-0.25, -0.2) is 13.1 Å². The van der Waals surface area contributed by atoms with Gasteiger partial charge in [-0.1, -0.05) is 29.8 Å². The van der Waals surface area contributed by atoms with Crippen LogP contribution in [0.15, 0.2) is 41.3 Å². The first kappa shape index (κ1) is 19.5. The lowest BCUT2D eigenvalue weighted by Crippen LogP contribution is -2.26. The number of nitrogens with one attached hydrogen (secondary N) is 1. The van der Waals surface area contributed by atoms with Crippen molar-refractivity contribution in [2.45, 2.75) is 38.5 Å². The molecule has 0 amide bonds. The normalized spacial score (nSPS) is 11.6. The van der Waals surface area contributed by atoms with E-state index >= 15 is 0 Å². The molecule has 5 heteroatoms. The van der Waals surface area contributed by atoms with Crippen LogP contribution in [0.1, 0.15) is 28.7 Å². The maximum Gasteiger partial charge on any atom is 0.241 e. The molecule has 4 nitrogen and oxygen atoms in total. The molecule has 0 fully saturated rings. The molecule has 0 aromatic heterocycles. The van der Waals surface area contributed by atoms with Gasteiger partial charge in [-0.2, -0.15) is 0 Å². The van der Waals surface area contributed by atoms with E-state index in [2.05, 4.69) is 33.9 Å². The van der Waals surface area contributed by atoms with Crippen LogP contribution in [0.25, 0.3) is 0 Å².